The third kappa shape index (κ3) is 3.67. The third-order valence-electron chi connectivity index (χ3n) is 7.16. The zero-order valence-electron chi connectivity index (χ0n) is 20.7. The smallest absolute Gasteiger partial charge is 0.166 e. The monoisotopic (exact) mass is 516 g/mol. The molecular formula is C34H20N4S. The fourth-order valence-corrected chi connectivity index (χ4v) is 6.49. The van der Waals surface area contributed by atoms with Crippen molar-refractivity contribution in [1.29, 1.82) is 0 Å². The number of fused-ring (bicyclic) bond motifs is 5. The van der Waals surface area contributed by atoms with Crippen LogP contribution in [0.4, 0.5) is 0 Å². The average molecular weight is 517 g/mol. The molecule has 0 fully saturated rings. The molecule has 39 heavy (non-hydrogen) atoms. The Bertz CT molecular complexity index is 2190. The number of thiophene rings is 1. The molecule has 3 aromatic heterocycles. The number of benzene rings is 5. The quantitative estimate of drug-likeness (QED) is 0.235. The molecule has 0 atom stereocenters. The normalized spacial score (nSPS) is 11.6. The molecule has 0 N–H and O–H groups in total. The predicted molar refractivity (Wildman–Crippen MR) is 162 cm³/mol. The van der Waals surface area contributed by atoms with Crippen LogP contribution in [-0.2, 0) is 0 Å². The summed E-state index contributed by atoms with van der Waals surface area (Å²) in [5.74, 6) is 1.92. The van der Waals surface area contributed by atoms with Gasteiger partial charge in [0.05, 0.1) is 5.52 Å². The molecule has 0 saturated carbocycles. The Morgan fingerprint density at radius 3 is 2.13 bits per heavy atom. The molecule has 8 aromatic rings. The number of hydrogen-bond acceptors (Lipinski definition) is 5. The Labute approximate surface area is 228 Å². The molecule has 3 heterocycles. The van der Waals surface area contributed by atoms with Gasteiger partial charge in [-0.1, -0.05) is 84.9 Å². The second-order valence-electron chi connectivity index (χ2n) is 9.53. The standard InChI is InChI=1S/C34H20N4S/c1-2-9-23-20-24(18-17-21(23)8-1)32-36-33(27-14-5-10-22-11-7-19-35-30(22)27)38-34(37-32)28-15-6-13-26-25-12-3-4-16-29(25)39-31(26)28/h1-20H. The van der Waals surface area contributed by atoms with Crippen LogP contribution in [-0.4, -0.2) is 19.9 Å². The van der Waals surface area contributed by atoms with E-state index in [9.17, 15) is 0 Å². The van der Waals surface area contributed by atoms with Crippen LogP contribution < -0.4 is 0 Å². The Hall–Kier alpha value is -5.00. The highest BCUT2D eigenvalue weighted by Crippen LogP contribution is 2.39. The lowest BCUT2D eigenvalue weighted by molar-refractivity contribution is 1.08. The van der Waals surface area contributed by atoms with Crippen molar-refractivity contribution in [3.63, 3.8) is 0 Å². The van der Waals surface area contributed by atoms with Crippen molar-refractivity contribution in [3.8, 4) is 34.2 Å². The molecule has 0 aliphatic carbocycles. The molecule has 4 nitrogen and oxygen atoms in total. The van der Waals surface area contributed by atoms with E-state index >= 15 is 0 Å². The van der Waals surface area contributed by atoms with Crippen molar-refractivity contribution in [2.45, 2.75) is 0 Å². The topological polar surface area (TPSA) is 51.6 Å². The van der Waals surface area contributed by atoms with Gasteiger partial charge in [-0.2, -0.15) is 0 Å². The molecule has 0 saturated heterocycles. The summed E-state index contributed by atoms with van der Waals surface area (Å²) in [5.41, 5.74) is 3.73. The van der Waals surface area contributed by atoms with E-state index in [2.05, 4.69) is 102 Å². The van der Waals surface area contributed by atoms with Crippen molar-refractivity contribution in [2.24, 2.45) is 0 Å². The zero-order chi connectivity index (χ0) is 25.8. The highest BCUT2D eigenvalue weighted by Gasteiger charge is 2.18. The van der Waals surface area contributed by atoms with Gasteiger partial charge in [0.2, 0.25) is 0 Å². The summed E-state index contributed by atoms with van der Waals surface area (Å²) in [6, 6.07) is 39.8. The van der Waals surface area contributed by atoms with Crippen LogP contribution in [0.15, 0.2) is 121 Å². The van der Waals surface area contributed by atoms with E-state index in [1.54, 1.807) is 11.3 Å². The first-order valence-electron chi connectivity index (χ1n) is 12.8. The van der Waals surface area contributed by atoms with Crippen molar-refractivity contribution >= 4 is 53.2 Å². The molecule has 5 heteroatoms. The number of hydrogen-bond donors (Lipinski definition) is 0. The maximum absolute atomic E-state index is 5.08. The molecule has 5 aromatic carbocycles. The minimum Gasteiger partial charge on any atom is -0.255 e. The third-order valence-corrected chi connectivity index (χ3v) is 8.38. The van der Waals surface area contributed by atoms with Gasteiger partial charge in [0, 0.05) is 48.4 Å². The van der Waals surface area contributed by atoms with Crippen molar-refractivity contribution in [3.05, 3.63) is 121 Å². The van der Waals surface area contributed by atoms with E-state index in [4.69, 9.17) is 15.0 Å². The largest absolute Gasteiger partial charge is 0.255 e. The van der Waals surface area contributed by atoms with Gasteiger partial charge in [0.15, 0.2) is 17.5 Å². The molecule has 0 unspecified atom stereocenters. The van der Waals surface area contributed by atoms with Gasteiger partial charge >= 0.3 is 0 Å². The number of rotatable bonds is 3. The predicted octanol–water partition coefficient (Wildman–Crippen LogP) is 8.94. The van der Waals surface area contributed by atoms with E-state index in [0.717, 1.165) is 33.0 Å². The van der Waals surface area contributed by atoms with Crippen LogP contribution in [0.2, 0.25) is 0 Å². The minimum absolute atomic E-state index is 0.616. The Kier molecular flexibility index (Phi) is 4.96. The Balaban J connectivity index is 1.42. The van der Waals surface area contributed by atoms with E-state index in [-0.39, 0.29) is 0 Å². The lowest BCUT2D eigenvalue weighted by atomic mass is 10.1. The minimum atomic E-state index is 0.616. The van der Waals surface area contributed by atoms with E-state index in [1.807, 2.05) is 24.4 Å². The van der Waals surface area contributed by atoms with Crippen LogP contribution in [0.25, 0.3) is 76.0 Å². The molecule has 0 bridgehead atoms. The fourth-order valence-electron chi connectivity index (χ4n) is 5.28. The van der Waals surface area contributed by atoms with Gasteiger partial charge in [-0.05, 0) is 41.1 Å². The van der Waals surface area contributed by atoms with Crippen LogP contribution in [0.5, 0.6) is 0 Å². The first kappa shape index (κ1) is 22.0. The first-order valence-corrected chi connectivity index (χ1v) is 13.6. The van der Waals surface area contributed by atoms with Gasteiger partial charge < -0.3 is 0 Å². The second-order valence-corrected chi connectivity index (χ2v) is 10.6. The maximum Gasteiger partial charge on any atom is 0.166 e. The van der Waals surface area contributed by atoms with Crippen LogP contribution in [0, 0.1) is 0 Å². The van der Waals surface area contributed by atoms with E-state index < -0.39 is 0 Å². The summed E-state index contributed by atoms with van der Waals surface area (Å²) >= 11 is 1.78. The van der Waals surface area contributed by atoms with Crippen molar-refractivity contribution in [1.82, 2.24) is 19.9 Å². The summed E-state index contributed by atoms with van der Waals surface area (Å²) in [5, 5.41) is 5.85. The Morgan fingerprint density at radius 1 is 0.487 bits per heavy atom. The summed E-state index contributed by atoms with van der Waals surface area (Å²) in [4.78, 5) is 19.9. The van der Waals surface area contributed by atoms with Gasteiger partial charge in [-0.25, -0.2) is 15.0 Å². The highest BCUT2D eigenvalue weighted by molar-refractivity contribution is 7.26. The number of para-hydroxylation sites is 1. The molecule has 182 valence electrons. The number of nitrogens with zero attached hydrogens (tertiary/aromatic N) is 4. The van der Waals surface area contributed by atoms with Crippen LogP contribution in [0.1, 0.15) is 0 Å². The first-order chi connectivity index (χ1) is 19.3. The SMILES string of the molecule is c1ccc2cc(-c3nc(-c4cccc5cccnc45)nc(-c4cccc5c4sc4ccccc45)n3)ccc2c1. The average Bonchev–Trinajstić information content (AvgIpc) is 3.39. The van der Waals surface area contributed by atoms with Gasteiger partial charge in [0.25, 0.3) is 0 Å². The van der Waals surface area contributed by atoms with Gasteiger partial charge in [-0.15, -0.1) is 11.3 Å². The lowest BCUT2D eigenvalue weighted by Gasteiger charge is -2.11. The summed E-state index contributed by atoms with van der Waals surface area (Å²) < 4.78 is 2.43. The number of aromatic nitrogens is 4. The Morgan fingerprint density at radius 2 is 1.18 bits per heavy atom. The van der Waals surface area contributed by atoms with Crippen molar-refractivity contribution < 1.29 is 0 Å². The molecule has 0 amide bonds. The molecule has 8 rings (SSSR count). The molecule has 0 aliphatic heterocycles. The number of pyridine rings is 1. The maximum atomic E-state index is 5.08. The van der Waals surface area contributed by atoms with Crippen molar-refractivity contribution in [2.75, 3.05) is 0 Å². The van der Waals surface area contributed by atoms with Gasteiger partial charge in [0.1, 0.15) is 0 Å². The molecule has 0 aliphatic rings. The van der Waals surface area contributed by atoms with Crippen LogP contribution in [0.3, 0.4) is 0 Å². The summed E-state index contributed by atoms with van der Waals surface area (Å²) in [6.45, 7) is 0. The summed E-state index contributed by atoms with van der Waals surface area (Å²) in [6.07, 6.45) is 1.82. The molecule has 0 spiro atoms. The van der Waals surface area contributed by atoms with E-state index in [1.165, 1.54) is 25.6 Å². The van der Waals surface area contributed by atoms with Crippen LogP contribution >= 0.6 is 11.3 Å². The summed E-state index contributed by atoms with van der Waals surface area (Å²) in [7, 11) is 0. The molecular weight excluding hydrogens is 496 g/mol. The lowest BCUT2D eigenvalue weighted by Crippen LogP contribution is -2.01. The zero-order valence-corrected chi connectivity index (χ0v) is 21.6. The fraction of sp³-hybridized carbons (Fsp3) is 0. The molecule has 0 radical (unpaired) electrons. The van der Waals surface area contributed by atoms with E-state index in [0.29, 0.717) is 17.5 Å². The highest BCUT2D eigenvalue weighted by atomic mass is 32.1. The second kappa shape index (κ2) is 8.79. The van der Waals surface area contributed by atoms with Gasteiger partial charge in [-0.3, -0.25) is 4.98 Å².